The molecule has 118 valence electrons. The third-order valence-electron chi connectivity index (χ3n) is 4.51. The zero-order valence-corrected chi connectivity index (χ0v) is 13.4. The molecule has 1 aromatic heterocycles. The maximum absolute atomic E-state index is 12.6. The molecule has 1 N–H and O–H groups in total. The van der Waals surface area contributed by atoms with Crippen molar-refractivity contribution in [3.8, 4) is 0 Å². The minimum Gasteiger partial charge on any atom is -0.337 e. The highest BCUT2D eigenvalue weighted by Gasteiger charge is 2.33. The largest absolute Gasteiger partial charge is 0.337 e. The van der Waals surface area contributed by atoms with Gasteiger partial charge < -0.3 is 9.88 Å². The maximum Gasteiger partial charge on any atom is 0.262 e. The van der Waals surface area contributed by atoms with E-state index in [1.54, 1.807) is 15.1 Å². The number of hydrogen-bond acceptors (Lipinski definition) is 5. The van der Waals surface area contributed by atoms with Crippen molar-refractivity contribution in [3.63, 3.8) is 0 Å². The second-order valence-electron chi connectivity index (χ2n) is 5.82. The van der Waals surface area contributed by atoms with E-state index >= 15 is 0 Å². The van der Waals surface area contributed by atoms with E-state index < -0.39 is 10.0 Å². The monoisotopic (exact) mass is 313 g/mol. The van der Waals surface area contributed by atoms with Gasteiger partial charge in [-0.15, -0.1) is 0 Å². The number of aryl methyl sites for hydroxylation is 2. The van der Waals surface area contributed by atoms with Gasteiger partial charge >= 0.3 is 0 Å². The van der Waals surface area contributed by atoms with Crippen LogP contribution in [0.1, 0.15) is 12.2 Å². The SMILES string of the molecule is Cc1nc(S(=O)(=O)N2CCN(C3CCNC3)CC2)cn1C. The summed E-state index contributed by atoms with van der Waals surface area (Å²) in [5, 5.41) is 3.52. The van der Waals surface area contributed by atoms with Gasteiger partial charge in [0, 0.05) is 52.0 Å². The second kappa shape index (κ2) is 5.68. The zero-order valence-electron chi connectivity index (χ0n) is 12.6. The van der Waals surface area contributed by atoms with Crippen LogP contribution in [0.4, 0.5) is 0 Å². The predicted molar refractivity (Wildman–Crippen MR) is 79.6 cm³/mol. The van der Waals surface area contributed by atoms with E-state index in [2.05, 4.69) is 15.2 Å². The fourth-order valence-corrected chi connectivity index (χ4v) is 4.49. The van der Waals surface area contributed by atoms with E-state index in [0.29, 0.717) is 25.0 Å². The normalized spacial score (nSPS) is 25.5. The highest BCUT2D eigenvalue weighted by atomic mass is 32.2. The molecule has 0 saturated carbocycles. The van der Waals surface area contributed by atoms with Gasteiger partial charge in [0.2, 0.25) is 0 Å². The molecule has 0 aromatic carbocycles. The Balaban J connectivity index is 1.68. The van der Waals surface area contributed by atoms with E-state index in [0.717, 1.165) is 32.6 Å². The van der Waals surface area contributed by atoms with E-state index in [-0.39, 0.29) is 5.03 Å². The first-order valence-electron chi connectivity index (χ1n) is 7.43. The highest BCUT2D eigenvalue weighted by molar-refractivity contribution is 7.89. The van der Waals surface area contributed by atoms with Crippen LogP contribution in [0.25, 0.3) is 0 Å². The van der Waals surface area contributed by atoms with Crippen LogP contribution < -0.4 is 5.32 Å². The third-order valence-corrected chi connectivity index (χ3v) is 6.28. The molecular formula is C13H23N5O2S. The number of rotatable bonds is 3. The van der Waals surface area contributed by atoms with Crippen LogP contribution in [0, 0.1) is 6.92 Å². The molecular weight excluding hydrogens is 290 g/mol. The summed E-state index contributed by atoms with van der Waals surface area (Å²) >= 11 is 0. The molecule has 0 bridgehead atoms. The number of sulfonamides is 1. The summed E-state index contributed by atoms with van der Waals surface area (Å²) in [5.41, 5.74) is 0. The Morgan fingerprint density at radius 1 is 1.29 bits per heavy atom. The van der Waals surface area contributed by atoms with E-state index in [1.165, 1.54) is 0 Å². The van der Waals surface area contributed by atoms with Gasteiger partial charge in [-0.2, -0.15) is 4.31 Å². The number of aromatic nitrogens is 2. The minimum atomic E-state index is -3.45. The van der Waals surface area contributed by atoms with Gasteiger partial charge in [-0.25, -0.2) is 13.4 Å². The third kappa shape index (κ3) is 2.85. The van der Waals surface area contributed by atoms with Gasteiger partial charge in [0.1, 0.15) is 5.82 Å². The average Bonchev–Trinajstić information content (AvgIpc) is 3.10. The summed E-state index contributed by atoms with van der Waals surface area (Å²) in [6.07, 6.45) is 2.75. The molecule has 2 saturated heterocycles. The van der Waals surface area contributed by atoms with Crippen molar-refractivity contribution in [1.29, 1.82) is 0 Å². The van der Waals surface area contributed by atoms with Crippen LogP contribution in [0.15, 0.2) is 11.2 Å². The van der Waals surface area contributed by atoms with Crippen molar-refractivity contribution in [1.82, 2.24) is 24.1 Å². The lowest BCUT2D eigenvalue weighted by atomic mass is 10.2. The van der Waals surface area contributed by atoms with Crippen molar-refractivity contribution in [2.24, 2.45) is 7.05 Å². The van der Waals surface area contributed by atoms with Crippen LogP contribution in [0.5, 0.6) is 0 Å². The quantitative estimate of drug-likeness (QED) is 0.807. The van der Waals surface area contributed by atoms with E-state index in [9.17, 15) is 8.42 Å². The Morgan fingerprint density at radius 3 is 2.52 bits per heavy atom. The number of imidazole rings is 1. The lowest BCUT2D eigenvalue weighted by Crippen LogP contribution is -2.52. The Hall–Kier alpha value is -0.960. The Kier molecular flexibility index (Phi) is 4.04. The summed E-state index contributed by atoms with van der Waals surface area (Å²) in [6.45, 7) is 6.60. The highest BCUT2D eigenvalue weighted by Crippen LogP contribution is 2.19. The van der Waals surface area contributed by atoms with Crippen molar-refractivity contribution < 1.29 is 8.42 Å². The molecule has 0 spiro atoms. The number of hydrogen-bond donors (Lipinski definition) is 1. The molecule has 8 heteroatoms. The molecule has 21 heavy (non-hydrogen) atoms. The molecule has 1 atom stereocenters. The summed E-state index contributed by atoms with van der Waals surface area (Å²) in [7, 11) is -1.64. The van der Waals surface area contributed by atoms with Crippen molar-refractivity contribution >= 4 is 10.0 Å². The molecule has 0 radical (unpaired) electrons. The van der Waals surface area contributed by atoms with Gasteiger partial charge in [-0.1, -0.05) is 0 Å². The van der Waals surface area contributed by atoms with Crippen LogP contribution in [-0.4, -0.2) is 72.5 Å². The fraction of sp³-hybridized carbons (Fsp3) is 0.769. The van der Waals surface area contributed by atoms with Crippen LogP contribution >= 0.6 is 0 Å². The Morgan fingerprint density at radius 2 is 2.00 bits per heavy atom. The predicted octanol–water partition coefficient (Wildman–Crippen LogP) is -0.603. The van der Waals surface area contributed by atoms with Gasteiger partial charge in [0.05, 0.1) is 0 Å². The topological polar surface area (TPSA) is 70.5 Å². The van der Waals surface area contributed by atoms with Crippen molar-refractivity contribution in [2.45, 2.75) is 24.4 Å². The van der Waals surface area contributed by atoms with Gasteiger partial charge in [-0.3, -0.25) is 4.90 Å². The van der Waals surface area contributed by atoms with E-state index in [1.807, 2.05) is 14.0 Å². The molecule has 0 amide bonds. The summed E-state index contributed by atoms with van der Waals surface area (Å²) in [4.78, 5) is 6.56. The smallest absolute Gasteiger partial charge is 0.262 e. The number of nitrogens with one attached hydrogen (secondary N) is 1. The van der Waals surface area contributed by atoms with Crippen LogP contribution in [0.2, 0.25) is 0 Å². The maximum atomic E-state index is 12.6. The lowest BCUT2D eigenvalue weighted by Gasteiger charge is -2.36. The molecule has 2 fully saturated rings. The van der Waals surface area contributed by atoms with Crippen molar-refractivity contribution in [3.05, 3.63) is 12.0 Å². The van der Waals surface area contributed by atoms with Gasteiger partial charge in [0.25, 0.3) is 10.0 Å². The Labute approximate surface area is 126 Å². The van der Waals surface area contributed by atoms with Gasteiger partial charge in [-0.05, 0) is 19.9 Å². The number of nitrogens with zero attached hydrogens (tertiary/aromatic N) is 4. The Bertz CT molecular complexity index is 579. The van der Waals surface area contributed by atoms with Crippen LogP contribution in [-0.2, 0) is 17.1 Å². The summed E-state index contributed by atoms with van der Waals surface area (Å²) < 4.78 is 28.5. The van der Waals surface area contributed by atoms with Gasteiger partial charge in [0.15, 0.2) is 5.03 Å². The first-order valence-corrected chi connectivity index (χ1v) is 8.87. The molecule has 7 nitrogen and oxygen atoms in total. The molecule has 2 aliphatic heterocycles. The van der Waals surface area contributed by atoms with E-state index in [4.69, 9.17) is 0 Å². The summed E-state index contributed by atoms with van der Waals surface area (Å²) in [6, 6.07) is 0.562. The molecule has 2 aliphatic rings. The molecule has 1 unspecified atom stereocenters. The lowest BCUT2D eigenvalue weighted by molar-refractivity contribution is 0.145. The fourth-order valence-electron chi connectivity index (χ4n) is 3.04. The second-order valence-corrected chi connectivity index (χ2v) is 7.71. The molecule has 1 aromatic rings. The summed E-state index contributed by atoms with van der Waals surface area (Å²) in [5.74, 6) is 0.712. The van der Waals surface area contributed by atoms with Crippen LogP contribution in [0.3, 0.4) is 0 Å². The van der Waals surface area contributed by atoms with Crippen molar-refractivity contribution in [2.75, 3.05) is 39.3 Å². The first kappa shape index (κ1) is 15.0. The zero-order chi connectivity index (χ0) is 15.0. The molecule has 0 aliphatic carbocycles. The molecule has 3 rings (SSSR count). The first-order chi connectivity index (χ1) is 9.98. The number of piperazine rings is 1. The minimum absolute atomic E-state index is 0.165. The average molecular weight is 313 g/mol. The standard InChI is InChI=1S/C13H23N5O2S/c1-11-15-13(10-16(11)2)21(19,20)18-7-5-17(6-8-18)12-3-4-14-9-12/h10,12,14H,3-9H2,1-2H3. The molecule has 3 heterocycles.